The molecule has 3 aliphatic rings. The summed E-state index contributed by atoms with van der Waals surface area (Å²) in [6.45, 7) is 12.4. The Morgan fingerprint density at radius 3 is 2.21 bits per heavy atom. The van der Waals surface area contributed by atoms with Crippen LogP contribution in [0.25, 0.3) is 0 Å². The maximum Gasteiger partial charge on any atom is 0.417 e. The van der Waals surface area contributed by atoms with Crippen molar-refractivity contribution in [2.75, 3.05) is 27.3 Å². The van der Waals surface area contributed by atoms with Crippen LogP contribution in [0.2, 0.25) is 0 Å². The molecule has 2 aromatic rings. The van der Waals surface area contributed by atoms with Crippen LogP contribution in [-0.4, -0.2) is 88.7 Å². The summed E-state index contributed by atoms with van der Waals surface area (Å²) in [6.07, 6.45) is -0.839. The Labute approximate surface area is 337 Å². The van der Waals surface area contributed by atoms with Gasteiger partial charge in [0.2, 0.25) is 11.8 Å². The third-order valence-corrected chi connectivity index (χ3v) is 10.8. The first-order chi connectivity index (χ1) is 27.4. The van der Waals surface area contributed by atoms with Crippen LogP contribution in [0, 0.1) is 53.3 Å². The van der Waals surface area contributed by atoms with Crippen LogP contribution in [0.4, 0.5) is 18.0 Å². The normalized spacial score (nSPS) is 21.4. The highest BCUT2D eigenvalue weighted by Gasteiger charge is 2.42. The molecule has 12 nitrogen and oxygen atoms in total. The van der Waals surface area contributed by atoms with Crippen LogP contribution in [-0.2, 0) is 30.0 Å². The third kappa shape index (κ3) is 10.3. The second kappa shape index (κ2) is 18.3. The quantitative estimate of drug-likeness (QED) is 0.225. The number of carbonyl (C=O) groups is 4. The van der Waals surface area contributed by atoms with Crippen LogP contribution in [0.5, 0.6) is 0 Å². The first-order valence-corrected chi connectivity index (χ1v) is 19.5. The van der Waals surface area contributed by atoms with Gasteiger partial charge >= 0.3 is 18.2 Å². The number of likely N-dealkylation sites (tertiary alicyclic amines) is 2. The molecule has 0 spiro atoms. The number of nitrogens with zero attached hydrogens (tertiary/aromatic N) is 4. The van der Waals surface area contributed by atoms with Gasteiger partial charge in [-0.3, -0.25) is 19.4 Å². The van der Waals surface area contributed by atoms with Crippen molar-refractivity contribution in [2.45, 2.75) is 91.5 Å². The van der Waals surface area contributed by atoms with Crippen molar-refractivity contribution in [3.05, 3.63) is 64.4 Å². The number of imidazole rings is 1. The van der Waals surface area contributed by atoms with Gasteiger partial charge in [0.1, 0.15) is 17.6 Å². The maximum atomic E-state index is 14.3. The number of aromatic amines is 1. The van der Waals surface area contributed by atoms with Crippen LogP contribution in [0.15, 0.2) is 41.2 Å². The standard InChI is InChI=1S/C43H51F3N6O6/c1-24(2)32(19-37(53)57-7)40(54)51-22-26(5)15-35(51)34-18-29(20-47-34)10-13-30-12-9-28(17-33(30)43(44,45)46)11-14-31-21-48-39(49-31)36-16-27(6)23-52(36)41(55)38(25(3)4)50-42(56)58-8/h9,12,17,20-21,24-27,32,35-36,38H,15-16,18-19,22-23H2,1-8H3,(H,48,49)(H,50,56)/t26-,27-,32?,35-,36-,38?/m0/s1. The number of benzene rings is 1. The predicted molar refractivity (Wildman–Crippen MR) is 210 cm³/mol. The number of amides is 3. The number of alkyl carbamates (subject to hydrolysis) is 1. The number of allylic oxidation sites excluding steroid dienone is 1. The van der Waals surface area contributed by atoms with Gasteiger partial charge in [0.15, 0.2) is 0 Å². The van der Waals surface area contributed by atoms with Crippen LogP contribution < -0.4 is 5.32 Å². The molecule has 0 radical (unpaired) electrons. The Bertz CT molecular complexity index is 2080. The molecule has 3 aliphatic heterocycles. The van der Waals surface area contributed by atoms with Crippen molar-refractivity contribution in [3.8, 4) is 23.7 Å². The van der Waals surface area contributed by atoms with Crippen LogP contribution >= 0.6 is 0 Å². The number of hydrogen-bond acceptors (Lipinski definition) is 8. The molecule has 1 aromatic heterocycles. The van der Waals surface area contributed by atoms with Crippen molar-refractivity contribution < 1.29 is 41.8 Å². The van der Waals surface area contributed by atoms with E-state index in [0.29, 0.717) is 55.2 Å². The number of carbonyl (C=O) groups excluding carboxylic acids is 4. The van der Waals surface area contributed by atoms with E-state index in [1.807, 2.05) is 41.5 Å². The van der Waals surface area contributed by atoms with Gasteiger partial charge in [0.25, 0.3) is 0 Å². The minimum Gasteiger partial charge on any atom is -0.469 e. The Balaban J connectivity index is 1.29. The number of nitrogens with one attached hydrogen (secondary N) is 2. The highest BCUT2D eigenvalue weighted by atomic mass is 19.4. The summed E-state index contributed by atoms with van der Waals surface area (Å²) >= 11 is 0. The fraction of sp³-hybridized carbons (Fsp3) is 0.535. The molecular weight excluding hydrogens is 754 g/mol. The van der Waals surface area contributed by atoms with Crippen molar-refractivity contribution in [1.29, 1.82) is 0 Å². The summed E-state index contributed by atoms with van der Waals surface area (Å²) in [4.78, 5) is 66.8. The molecule has 15 heteroatoms. The summed E-state index contributed by atoms with van der Waals surface area (Å²) < 4.78 is 52.6. The highest BCUT2D eigenvalue weighted by molar-refractivity contribution is 5.98. The number of aromatic nitrogens is 2. The fourth-order valence-corrected chi connectivity index (χ4v) is 7.67. The van der Waals surface area contributed by atoms with E-state index in [4.69, 9.17) is 9.47 Å². The molecule has 310 valence electrons. The molecule has 1 aromatic carbocycles. The number of halogens is 3. The van der Waals surface area contributed by atoms with E-state index < -0.39 is 41.8 Å². The summed E-state index contributed by atoms with van der Waals surface area (Å²) in [5.74, 6) is 10.3. The van der Waals surface area contributed by atoms with Crippen molar-refractivity contribution >= 4 is 29.6 Å². The zero-order valence-electron chi connectivity index (χ0n) is 34.1. The zero-order valence-corrected chi connectivity index (χ0v) is 34.1. The lowest BCUT2D eigenvalue weighted by Gasteiger charge is -2.30. The number of H-pyrrole nitrogens is 1. The van der Waals surface area contributed by atoms with Gasteiger partial charge in [0.05, 0.1) is 50.4 Å². The summed E-state index contributed by atoms with van der Waals surface area (Å²) in [5, 5.41) is 2.62. The highest BCUT2D eigenvalue weighted by Crippen LogP contribution is 2.36. The minimum atomic E-state index is -4.71. The molecule has 0 saturated carbocycles. The number of esters is 1. The molecule has 2 N–H and O–H groups in total. The van der Waals surface area contributed by atoms with E-state index in [0.717, 1.165) is 6.07 Å². The van der Waals surface area contributed by atoms with Crippen molar-refractivity contribution in [2.24, 2.45) is 34.6 Å². The second-order valence-electron chi connectivity index (χ2n) is 16.1. The Kier molecular flexibility index (Phi) is 13.8. The number of ether oxygens (including phenoxy) is 2. The molecule has 0 bridgehead atoms. The molecule has 5 rings (SSSR count). The molecule has 2 unspecified atom stereocenters. The maximum absolute atomic E-state index is 14.3. The largest absolute Gasteiger partial charge is 0.469 e. The van der Waals surface area contributed by atoms with E-state index in [9.17, 15) is 32.3 Å². The lowest BCUT2D eigenvalue weighted by molar-refractivity contribution is -0.148. The third-order valence-electron chi connectivity index (χ3n) is 10.8. The van der Waals surface area contributed by atoms with Gasteiger partial charge in [-0.2, -0.15) is 13.2 Å². The molecule has 0 aliphatic carbocycles. The zero-order chi connectivity index (χ0) is 42.5. The molecule has 4 heterocycles. The minimum absolute atomic E-state index is 0.0248. The molecule has 6 atom stereocenters. The van der Waals surface area contributed by atoms with Crippen LogP contribution in [0.1, 0.15) is 101 Å². The Hall–Kier alpha value is -5.57. The fourth-order valence-electron chi connectivity index (χ4n) is 7.67. The second-order valence-corrected chi connectivity index (χ2v) is 16.1. The van der Waals surface area contributed by atoms with Gasteiger partial charge in [-0.05, 0) is 60.6 Å². The predicted octanol–water partition coefficient (Wildman–Crippen LogP) is 6.27. The van der Waals surface area contributed by atoms with E-state index >= 15 is 0 Å². The average Bonchev–Trinajstić information content (AvgIpc) is 3.99. The summed E-state index contributed by atoms with van der Waals surface area (Å²) in [5.41, 5.74) is 0.566. The number of rotatable bonds is 9. The molecule has 58 heavy (non-hydrogen) atoms. The van der Waals surface area contributed by atoms with Gasteiger partial charge in [-0.15, -0.1) is 0 Å². The van der Waals surface area contributed by atoms with Crippen LogP contribution in [0.3, 0.4) is 0 Å². The van der Waals surface area contributed by atoms with E-state index in [2.05, 4.69) is 44.0 Å². The Morgan fingerprint density at radius 1 is 0.914 bits per heavy atom. The first kappa shape index (κ1) is 43.6. The van der Waals surface area contributed by atoms with Gasteiger partial charge in [-0.25, -0.2) is 9.78 Å². The SMILES string of the molecule is COC(=O)CC(C(=O)N1C[C@@H](C)C[C@H]1C1=NC=C(C#Cc2ccc(C#Cc3cnc([C@@H]4C[C@H](C)CN4C(=O)C(NC(=O)OC)C(C)C)[nH]3)cc2C(F)(F)F)C1)C(C)C. The Morgan fingerprint density at radius 2 is 1.59 bits per heavy atom. The lowest BCUT2D eigenvalue weighted by atomic mass is 9.90. The smallest absolute Gasteiger partial charge is 0.417 e. The average molecular weight is 805 g/mol. The van der Waals surface area contributed by atoms with E-state index in [1.165, 1.54) is 38.7 Å². The number of aliphatic imine (C=N–C) groups is 1. The van der Waals surface area contributed by atoms with Crippen molar-refractivity contribution in [1.82, 2.24) is 25.1 Å². The lowest BCUT2D eigenvalue weighted by Crippen LogP contribution is -2.51. The van der Waals surface area contributed by atoms with Gasteiger partial charge in [0, 0.05) is 48.1 Å². The number of methoxy groups -OCH3 is 2. The number of alkyl halides is 3. The summed E-state index contributed by atoms with van der Waals surface area (Å²) in [6, 6.07) is 2.20. The van der Waals surface area contributed by atoms with Gasteiger partial charge in [-0.1, -0.05) is 59.3 Å². The van der Waals surface area contributed by atoms with Crippen molar-refractivity contribution in [3.63, 3.8) is 0 Å². The molecular formula is C43H51F3N6O6. The number of hydrogen-bond donors (Lipinski definition) is 2. The van der Waals surface area contributed by atoms with Gasteiger partial charge < -0.3 is 29.6 Å². The molecule has 2 saturated heterocycles. The van der Waals surface area contributed by atoms with E-state index in [1.54, 1.807) is 9.80 Å². The summed E-state index contributed by atoms with van der Waals surface area (Å²) in [7, 11) is 2.52. The monoisotopic (exact) mass is 804 g/mol. The first-order valence-electron chi connectivity index (χ1n) is 19.5. The molecule has 2 fully saturated rings. The topological polar surface area (TPSA) is 146 Å². The molecule has 3 amide bonds. The van der Waals surface area contributed by atoms with E-state index in [-0.39, 0.29) is 59.1 Å².